The van der Waals surface area contributed by atoms with Gasteiger partial charge in [-0.05, 0) is 12.5 Å². The van der Waals surface area contributed by atoms with Crippen molar-refractivity contribution in [3.63, 3.8) is 0 Å². The molecule has 2 N–H and O–H groups in total. The van der Waals surface area contributed by atoms with Crippen LogP contribution in [0.1, 0.15) is 0 Å². The number of anilines is 1. The summed E-state index contributed by atoms with van der Waals surface area (Å²) in [6.45, 7) is 0. The molecule has 9 heteroatoms. The molecule has 0 atom stereocenters. The molecule has 15 heavy (non-hydrogen) atoms. The van der Waals surface area contributed by atoms with E-state index in [1.165, 1.54) is 27.8 Å². The van der Waals surface area contributed by atoms with E-state index in [0.29, 0.717) is 16.2 Å². The summed E-state index contributed by atoms with van der Waals surface area (Å²) in [6.07, 6.45) is 3.84. The summed E-state index contributed by atoms with van der Waals surface area (Å²) in [5, 5.41) is 13.4. The van der Waals surface area contributed by atoms with Crippen LogP contribution in [0.25, 0.3) is 5.13 Å². The molecule has 0 bridgehead atoms. The SMILES string of the molecule is CSc1nc(N)n(-c2nnc(SC)s2)n1. The summed E-state index contributed by atoms with van der Waals surface area (Å²) >= 11 is 4.42. The van der Waals surface area contributed by atoms with Crippen LogP contribution in [-0.2, 0) is 0 Å². The number of hydrogen-bond donors (Lipinski definition) is 1. The van der Waals surface area contributed by atoms with Gasteiger partial charge in [0, 0.05) is 0 Å². The average Bonchev–Trinajstić information content (AvgIpc) is 2.83. The van der Waals surface area contributed by atoms with Crippen molar-refractivity contribution in [3.05, 3.63) is 0 Å². The Morgan fingerprint density at radius 2 is 2.07 bits per heavy atom. The van der Waals surface area contributed by atoms with E-state index >= 15 is 0 Å². The standard InChI is InChI=1S/C6H8N6S3/c1-13-4-8-3(7)12(11-4)5-9-10-6(14-2)15-5/h1-2H3,(H2,7,8,11). The molecule has 80 valence electrons. The number of nitrogens with zero attached hydrogens (tertiary/aromatic N) is 5. The highest BCUT2D eigenvalue weighted by molar-refractivity contribution is 8.00. The van der Waals surface area contributed by atoms with Crippen LogP contribution < -0.4 is 5.73 Å². The smallest absolute Gasteiger partial charge is 0.236 e. The summed E-state index contributed by atoms with van der Waals surface area (Å²) in [7, 11) is 0. The van der Waals surface area contributed by atoms with E-state index < -0.39 is 0 Å². The lowest BCUT2D eigenvalue weighted by atomic mass is 11.0. The Hall–Kier alpha value is -0.800. The first-order valence-corrected chi connectivity index (χ1v) is 7.15. The molecule has 0 radical (unpaired) electrons. The predicted octanol–water partition coefficient (Wildman–Crippen LogP) is 1.14. The Morgan fingerprint density at radius 3 is 2.60 bits per heavy atom. The Labute approximate surface area is 98.7 Å². The Kier molecular flexibility index (Phi) is 3.12. The molecule has 0 aromatic carbocycles. The highest BCUT2D eigenvalue weighted by Crippen LogP contribution is 2.24. The molecular weight excluding hydrogens is 252 g/mol. The van der Waals surface area contributed by atoms with E-state index in [9.17, 15) is 0 Å². The number of hydrogen-bond acceptors (Lipinski definition) is 8. The summed E-state index contributed by atoms with van der Waals surface area (Å²) in [6, 6.07) is 0. The molecule has 0 saturated carbocycles. The third-order valence-corrected chi connectivity index (χ3v) is 3.96. The number of nitrogens with two attached hydrogens (primary N) is 1. The van der Waals surface area contributed by atoms with Crippen LogP contribution in [0.2, 0.25) is 0 Å². The van der Waals surface area contributed by atoms with Gasteiger partial charge in [0.25, 0.3) is 0 Å². The minimum Gasteiger partial charge on any atom is -0.368 e. The van der Waals surface area contributed by atoms with Gasteiger partial charge < -0.3 is 5.73 Å². The van der Waals surface area contributed by atoms with Gasteiger partial charge in [-0.2, -0.15) is 9.67 Å². The number of thioether (sulfide) groups is 2. The first-order chi connectivity index (χ1) is 7.24. The quantitative estimate of drug-likeness (QED) is 0.829. The molecule has 0 spiro atoms. The topological polar surface area (TPSA) is 82.5 Å². The van der Waals surface area contributed by atoms with Crippen LogP contribution in [0, 0.1) is 0 Å². The van der Waals surface area contributed by atoms with Crippen molar-refractivity contribution >= 4 is 40.8 Å². The molecule has 2 rings (SSSR count). The predicted molar refractivity (Wildman–Crippen MR) is 62.8 cm³/mol. The van der Waals surface area contributed by atoms with Crippen molar-refractivity contribution in [1.82, 2.24) is 25.0 Å². The fraction of sp³-hybridized carbons (Fsp3) is 0.333. The van der Waals surface area contributed by atoms with Crippen molar-refractivity contribution in [2.45, 2.75) is 9.50 Å². The third-order valence-electron chi connectivity index (χ3n) is 1.55. The van der Waals surface area contributed by atoms with Gasteiger partial charge in [0.1, 0.15) is 0 Å². The molecule has 0 aliphatic carbocycles. The maximum atomic E-state index is 5.71. The highest BCUT2D eigenvalue weighted by atomic mass is 32.2. The molecule has 6 nitrogen and oxygen atoms in total. The molecule has 0 saturated heterocycles. The van der Waals surface area contributed by atoms with Crippen molar-refractivity contribution < 1.29 is 0 Å². The fourth-order valence-corrected chi connectivity index (χ4v) is 2.47. The fourth-order valence-electron chi connectivity index (χ4n) is 0.902. The summed E-state index contributed by atoms with van der Waals surface area (Å²) in [5.41, 5.74) is 5.71. The lowest BCUT2D eigenvalue weighted by Crippen LogP contribution is -2.01. The van der Waals surface area contributed by atoms with Crippen molar-refractivity contribution in [2.75, 3.05) is 18.2 Å². The zero-order valence-corrected chi connectivity index (χ0v) is 10.5. The second-order valence-corrected chi connectivity index (χ2v) is 5.21. The average molecular weight is 260 g/mol. The maximum absolute atomic E-state index is 5.71. The third kappa shape index (κ3) is 2.08. The minimum atomic E-state index is 0.336. The van der Waals surface area contributed by atoms with E-state index in [0.717, 1.165) is 4.34 Å². The van der Waals surface area contributed by atoms with Gasteiger partial charge in [-0.1, -0.05) is 34.9 Å². The Morgan fingerprint density at radius 1 is 1.27 bits per heavy atom. The molecule has 2 aromatic rings. The van der Waals surface area contributed by atoms with Crippen molar-refractivity contribution in [1.29, 1.82) is 0 Å². The molecular formula is C6H8N6S3. The zero-order valence-electron chi connectivity index (χ0n) is 8.04. The van der Waals surface area contributed by atoms with E-state index in [1.54, 1.807) is 11.8 Å². The summed E-state index contributed by atoms with van der Waals surface area (Å²) in [5.74, 6) is 0.336. The van der Waals surface area contributed by atoms with E-state index in [4.69, 9.17) is 5.73 Å². The van der Waals surface area contributed by atoms with E-state index in [-0.39, 0.29) is 0 Å². The van der Waals surface area contributed by atoms with Crippen LogP contribution in [-0.4, -0.2) is 37.5 Å². The van der Waals surface area contributed by atoms with Crippen LogP contribution in [0.4, 0.5) is 5.95 Å². The first-order valence-electron chi connectivity index (χ1n) is 3.89. The van der Waals surface area contributed by atoms with Crippen molar-refractivity contribution in [2.24, 2.45) is 0 Å². The number of rotatable bonds is 3. The van der Waals surface area contributed by atoms with Crippen molar-refractivity contribution in [3.8, 4) is 5.13 Å². The van der Waals surface area contributed by atoms with E-state index in [2.05, 4.69) is 20.3 Å². The molecule has 2 heterocycles. The molecule has 2 aromatic heterocycles. The monoisotopic (exact) mass is 260 g/mol. The van der Waals surface area contributed by atoms with Gasteiger partial charge in [-0.25, -0.2) is 0 Å². The van der Waals surface area contributed by atoms with E-state index in [1.807, 2.05) is 12.5 Å². The van der Waals surface area contributed by atoms with Gasteiger partial charge in [0.2, 0.25) is 16.2 Å². The van der Waals surface area contributed by atoms with Crippen LogP contribution in [0.15, 0.2) is 9.50 Å². The lowest BCUT2D eigenvalue weighted by molar-refractivity contribution is 0.813. The largest absolute Gasteiger partial charge is 0.368 e. The van der Waals surface area contributed by atoms with Gasteiger partial charge in [0.05, 0.1) is 0 Å². The van der Waals surface area contributed by atoms with Gasteiger partial charge >= 0.3 is 0 Å². The Bertz CT molecular complexity index is 463. The number of nitrogen functional groups attached to an aromatic ring is 1. The van der Waals surface area contributed by atoms with Gasteiger partial charge in [0.15, 0.2) is 4.34 Å². The first kappa shape index (κ1) is 10.7. The van der Waals surface area contributed by atoms with Crippen LogP contribution in [0.5, 0.6) is 0 Å². The van der Waals surface area contributed by atoms with Gasteiger partial charge in [-0.15, -0.1) is 15.3 Å². The highest BCUT2D eigenvalue weighted by Gasteiger charge is 2.12. The number of aromatic nitrogens is 5. The molecule has 0 aliphatic rings. The molecule has 0 aliphatic heterocycles. The molecule has 0 fully saturated rings. The second-order valence-electron chi connectivity index (χ2n) is 2.42. The minimum absolute atomic E-state index is 0.336. The normalized spacial score (nSPS) is 10.8. The summed E-state index contributed by atoms with van der Waals surface area (Å²) in [4.78, 5) is 4.07. The second kappa shape index (κ2) is 4.37. The Balaban J connectivity index is 2.39. The summed E-state index contributed by atoms with van der Waals surface area (Å²) < 4.78 is 2.38. The molecule has 0 unspecified atom stereocenters. The lowest BCUT2D eigenvalue weighted by Gasteiger charge is -1.92. The maximum Gasteiger partial charge on any atom is 0.236 e. The van der Waals surface area contributed by atoms with Gasteiger partial charge in [-0.3, -0.25) is 0 Å². The van der Waals surface area contributed by atoms with Crippen LogP contribution in [0.3, 0.4) is 0 Å². The van der Waals surface area contributed by atoms with Crippen LogP contribution >= 0.6 is 34.9 Å². The molecule has 0 amide bonds. The zero-order chi connectivity index (χ0) is 10.8.